The molecule has 1 unspecified atom stereocenters. The van der Waals surface area contributed by atoms with Gasteiger partial charge in [-0.1, -0.05) is 0 Å². The molecule has 1 amide bonds. The molecule has 1 saturated carbocycles. The van der Waals surface area contributed by atoms with E-state index in [9.17, 15) is 36.2 Å². The van der Waals surface area contributed by atoms with E-state index < -0.39 is 35.7 Å². The van der Waals surface area contributed by atoms with Crippen molar-refractivity contribution >= 4 is 28.6 Å². The molecule has 1 aliphatic rings. The van der Waals surface area contributed by atoms with E-state index in [2.05, 4.69) is 25.5 Å². The number of rotatable bonds is 8. The van der Waals surface area contributed by atoms with Gasteiger partial charge in [0.2, 0.25) is 5.91 Å². The Morgan fingerprint density at radius 1 is 1.11 bits per heavy atom. The molecule has 3 aromatic heterocycles. The summed E-state index contributed by atoms with van der Waals surface area (Å²) >= 11 is 0. The maximum absolute atomic E-state index is 13.6. The first-order chi connectivity index (χ1) is 17.3. The highest BCUT2D eigenvalue weighted by atomic mass is 19.4. The smallest absolute Gasteiger partial charge is 0.418 e. The van der Waals surface area contributed by atoms with Crippen molar-refractivity contribution in [3.63, 3.8) is 0 Å². The van der Waals surface area contributed by atoms with Crippen molar-refractivity contribution < 1.29 is 45.7 Å². The van der Waals surface area contributed by atoms with Crippen LogP contribution >= 0.6 is 0 Å². The molecule has 37 heavy (non-hydrogen) atoms. The van der Waals surface area contributed by atoms with Crippen LogP contribution in [0.2, 0.25) is 0 Å². The Kier molecular flexibility index (Phi) is 6.94. The molecule has 2 atom stereocenters. The number of nitrogens with one attached hydrogen (secondary N) is 2. The largest absolute Gasteiger partial charge is 0.494 e. The van der Waals surface area contributed by atoms with Crippen molar-refractivity contribution in [3.8, 4) is 5.75 Å². The summed E-state index contributed by atoms with van der Waals surface area (Å²) in [5, 5.41) is 19.1. The third-order valence-electron chi connectivity index (χ3n) is 5.70. The Bertz CT molecular complexity index is 1310. The van der Waals surface area contributed by atoms with Gasteiger partial charge in [-0.25, -0.2) is 9.50 Å². The molecule has 3 N–H and O–H groups in total. The molecule has 1 aliphatic carbocycles. The first-order valence-electron chi connectivity index (χ1n) is 10.8. The summed E-state index contributed by atoms with van der Waals surface area (Å²) in [5.74, 6) is -0.954. The molecule has 15 heteroatoms. The third-order valence-corrected chi connectivity index (χ3v) is 5.70. The molecule has 3 aromatic rings. The molecule has 0 saturated heterocycles. The van der Waals surface area contributed by atoms with E-state index in [-0.39, 0.29) is 40.3 Å². The number of amides is 1. The van der Waals surface area contributed by atoms with E-state index in [1.165, 1.54) is 6.20 Å². The average Bonchev–Trinajstić information content (AvgIpc) is 3.59. The lowest BCUT2D eigenvalue weighted by atomic mass is 10.1. The Balaban J connectivity index is 1.81. The minimum absolute atomic E-state index is 0.0425. The zero-order valence-corrected chi connectivity index (χ0v) is 19.3. The second kappa shape index (κ2) is 9.70. The number of nitrogens with zero attached hydrogens (tertiary/aromatic N) is 3. The second-order valence-corrected chi connectivity index (χ2v) is 8.30. The summed E-state index contributed by atoms with van der Waals surface area (Å²) in [6.07, 6.45) is -10.7. The highest BCUT2D eigenvalue weighted by Crippen LogP contribution is 2.44. The second-order valence-electron chi connectivity index (χ2n) is 8.30. The molecule has 1 fully saturated rings. The van der Waals surface area contributed by atoms with Crippen LogP contribution in [0.5, 0.6) is 5.75 Å². The normalized spacial score (nSPS) is 15.9. The van der Waals surface area contributed by atoms with Crippen molar-refractivity contribution in [2.24, 2.45) is 5.92 Å². The number of pyridine rings is 2. The average molecular weight is 533 g/mol. The van der Waals surface area contributed by atoms with Gasteiger partial charge < -0.3 is 25.2 Å². The maximum atomic E-state index is 13.6. The van der Waals surface area contributed by atoms with Gasteiger partial charge >= 0.3 is 12.4 Å². The number of aliphatic hydroxyl groups excluding tert-OH is 1. The van der Waals surface area contributed by atoms with Crippen LogP contribution in [0.1, 0.15) is 36.2 Å². The highest BCUT2D eigenvalue weighted by molar-refractivity contribution is 5.94. The highest BCUT2D eigenvalue weighted by Gasteiger charge is 2.44. The number of methoxy groups -OCH3 is 2. The van der Waals surface area contributed by atoms with Gasteiger partial charge in [0.1, 0.15) is 11.3 Å². The summed E-state index contributed by atoms with van der Waals surface area (Å²) in [6, 6.07) is 2.18. The number of halogens is 6. The number of aromatic nitrogens is 3. The van der Waals surface area contributed by atoms with Gasteiger partial charge in [-0.05, 0) is 18.9 Å². The number of alkyl halides is 6. The van der Waals surface area contributed by atoms with Gasteiger partial charge in [-0.15, -0.1) is 0 Å². The standard InChI is InChI=1S/C22H21F6N5O4/c1-36-17-11(19(37-2)22(26,27)28)5-6-33-16(17)14(9-30-33)31-13-7-15(32-20(35)10-3-4-10)29-8-12(13)18(34)21(23,24)25/h5-10,18-19,34H,3-4H2,1-2H3,(H2,29,31,32,35)/t18?,19-/m0/s1. The lowest BCUT2D eigenvalue weighted by Gasteiger charge is -2.22. The monoisotopic (exact) mass is 533 g/mol. The number of hydrogen-bond donors (Lipinski definition) is 3. The summed E-state index contributed by atoms with van der Waals surface area (Å²) in [5.41, 5.74) is -1.48. The minimum Gasteiger partial charge on any atom is -0.494 e. The van der Waals surface area contributed by atoms with E-state index in [0.717, 1.165) is 43.3 Å². The molecular weight excluding hydrogens is 512 g/mol. The molecule has 200 valence electrons. The quantitative estimate of drug-likeness (QED) is 0.361. The third kappa shape index (κ3) is 5.41. The number of ether oxygens (including phenoxy) is 2. The number of carbonyl (C=O) groups is 1. The van der Waals surface area contributed by atoms with Gasteiger partial charge in [0.25, 0.3) is 0 Å². The summed E-state index contributed by atoms with van der Waals surface area (Å²) in [4.78, 5) is 15.9. The van der Waals surface area contributed by atoms with Crippen molar-refractivity contribution in [1.29, 1.82) is 0 Å². The number of carbonyl (C=O) groups excluding carboxylic acids is 1. The summed E-state index contributed by atoms with van der Waals surface area (Å²) < 4.78 is 91.8. The number of aliphatic hydroxyl groups is 1. The number of hydrogen-bond acceptors (Lipinski definition) is 7. The van der Waals surface area contributed by atoms with Crippen LogP contribution in [-0.4, -0.2) is 52.2 Å². The van der Waals surface area contributed by atoms with Crippen LogP contribution in [0.3, 0.4) is 0 Å². The van der Waals surface area contributed by atoms with Crippen molar-refractivity contribution in [1.82, 2.24) is 14.6 Å². The molecule has 0 radical (unpaired) electrons. The Morgan fingerprint density at radius 3 is 2.38 bits per heavy atom. The van der Waals surface area contributed by atoms with E-state index in [0.29, 0.717) is 12.8 Å². The molecule has 4 rings (SSSR count). The fraction of sp³-hybridized carbons (Fsp3) is 0.409. The lowest BCUT2D eigenvalue weighted by molar-refractivity contribution is -0.216. The van der Waals surface area contributed by atoms with E-state index in [4.69, 9.17) is 4.74 Å². The summed E-state index contributed by atoms with van der Waals surface area (Å²) in [7, 11) is 1.99. The van der Waals surface area contributed by atoms with E-state index in [1.807, 2.05) is 0 Å². The zero-order chi connectivity index (χ0) is 27.1. The molecule has 9 nitrogen and oxygen atoms in total. The van der Waals surface area contributed by atoms with Crippen LogP contribution < -0.4 is 15.4 Å². The van der Waals surface area contributed by atoms with Crippen LogP contribution in [0.4, 0.5) is 43.5 Å². The number of fused-ring (bicyclic) bond motifs is 1. The van der Waals surface area contributed by atoms with Crippen LogP contribution in [0.15, 0.2) is 30.7 Å². The molecule has 0 bridgehead atoms. The topological polar surface area (TPSA) is 110 Å². The molecule has 0 spiro atoms. The predicted octanol–water partition coefficient (Wildman–Crippen LogP) is 4.68. The van der Waals surface area contributed by atoms with Gasteiger partial charge in [-0.3, -0.25) is 4.79 Å². The maximum Gasteiger partial charge on any atom is 0.418 e. The first kappa shape index (κ1) is 26.5. The van der Waals surface area contributed by atoms with Gasteiger partial charge in [0.15, 0.2) is 18.0 Å². The van der Waals surface area contributed by atoms with Crippen molar-refractivity contribution in [2.75, 3.05) is 24.9 Å². The zero-order valence-electron chi connectivity index (χ0n) is 19.3. The Hall–Kier alpha value is -3.59. The van der Waals surface area contributed by atoms with E-state index >= 15 is 0 Å². The van der Waals surface area contributed by atoms with Gasteiger partial charge in [0.05, 0.1) is 19.0 Å². The van der Waals surface area contributed by atoms with Crippen LogP contribution in [0.25, 0.3) is 5.52 Å². The first-order valence-corrected chi connectivity index (χ1v) is 10.8. The van der Waals surface area contributed by atoms with Gasteiger partial charge in [0, 0.05) is 48.3 Å². The molecule has 0 aromatic carbocycles. The molecule has 0 aliphatic heterocycles. The van der Waals surface area contributed by atoms with Crippen LogP contribution in [0, 0.1) is 5.92 Å². The minimum atomic E-state index is -5.05. The van der Waals surface area contributed by atoms with Crippen molar-refractivity contribution in [2.45, 2.75) is 37.4 Å². The summed E-state index contributed by atoms with van der Waals surface area (Å²) in [6.45, 7) is 0. The molecular formula is C22H21F6N5O4. The predicted molar refractivity (Wildman–Crippen MR) is 117 cm³/mol. The Labute approximate surface area is 205 Å². The van der Waals surface area contributed by atoms with Gasteiger partial charge in [-0.2, -0.15) is 31.4 Å². The SMILES string of the molecule is COc1c([C@H](OC)C(F)(F)F)ccn2ncc(Nc3cc(NC(=O)C4CC4)ncc3C(O)C(F)(F)F)c12. The Morgan fingerprint density at radius 2 is 1.81 bits per heavy atom. The molecule has 3 heterocycles. The van der Waals surface area contributed by atoms with Crippen molar-refractivity contribution in [3.05, 3.63) is 41.9 Å². The van der Waals surface area contributed by atoms with Crippen LogP contribution in [-0.2, 0) is 9.53 Å². The fourth-order valence-electron chi connectivity index (χ4n) is 3.77. The lowest BCUT2D eigenvalue weighted by Crippen LogP contribution is -2.23. The number of anilines is 3. The van der Waals surface area contributed by atoms with E-state index in [1.54, 1.807) is 0 Å². The fourth-order valence-corrected chi connectivity index (χ4v) is 3.77.